The van der Waals surface area contributed by atoms with Crippen LogP contribution < -0.4 is 16.3 Å². The third-order valence-corrected chi connectivity index (χ3v) is 8.85. The lowest BCUT2D eigenvalue weighted by atomic mass is 10.00. The SMILES string of the molecule is CC(C)OC(=O)C(C)NP(=O)(OCCSC(=O)C(C)(C)C)OC[C@H]1O[C@@H](n2ccc(=O)[nH]c2=O)[C@](C)(Cl)[C@@H]1O. The van der Waals surface area contributed by atoms with E-state index >= 15 is 0 Å². The maximum absolute atomic E-state index is 13.6. The van der Waals surface area contributed by atoms with Crippen molar-refractivity contribution in [1.82, 2.24) is 14.6 Å². The van der Waals surface area contributed by atoms with Crippen molar-refractivity contribution in [1.29, 1.82) is 0 Å². The molecule has 0 aromatic carbocycles. The molecule has 1 aromatic rings. The Morgan fingerprint density at radius 2 is 1.95 bits per heavy atom. The summed E-state index contributed by atoms with van der Waals surface area (Å²) in [5.74, 6) is -0.534. The Bertz CT molecular complexity index is 1180. The third kappa shape index (κ3) is 9.25. The molecule has 1 aromatic heterocycles. The van der Waals surface area contributed by atoms with Gasteiger partial charge in [0.2, 0.25) is 0 Å². The molecule has 0 radical (unpaired) electrons. The standard InChI is InChI=1S/C23H37ClN3O10PS/c1-13(2)36-18(30)14(3)26-38(33,34-10-11-39-20(31)22(4,5)6)35-12-15-17(29)23(7,24)19(37-15)27-9-8-16(28)25-21(27)32/h8-9,13-15,17,19,29H,10-12H2,1-7H3,(H,26,33)(H,25,28,32)/t14?,15-,17-,19-,23-,38?/m1/s1. The first-order valence-corrected chi connectivity index (χ1v) is 15.2. The highest BCUT2D eigenvalue weighted by Crippen LogP contribution is 2.48. The van der Waals surface area contributed by atoms with Gasteiger partial charge in [-0.25, -0.2) is 14.4 Å². The fraction of sp³-hybridized carbons (Fsp3) is 0.739. The first-order chi connectivity index (χ1) is 17.9. The van der Waals surface area contributed by atoms with E-state index < -0.39 is 72.4 Å². The van der Waals surface area contributed by atoms with Crippen LogP contribution in [0, 0.1) is 5.41 Å². The van der Waals surface area contributed by atoms with Crippen molar-refractivity contribution in [2.45, 2.75) is 83.9 Å². The number of aromatic amines is 1. The highest BCUT2D eigenvalue weighted by atomic mass is 35.5. The molecule has 0 spiro atoms. The predicted molar refractivity (Wildman–Crippen MR) is 146 cm³/mol. The number of nitrogens with one attached hydrogen (secondary N) is 2. The number of H-pyrrole nitrogens is 1. The zero-order valence-corrected chi connectivity index (χ0v) is 25.4. The smallest absolute Gasteiger partial charge is 0.406 e. The number of carbonyl (C=O) groups excluding carboxylic acids is 2. The molecule has 0 saturated carbocycles. The fourth-order valence-electron chi connectivity index (χ4n) is 3.38. The van der Waals surface area contributed by atoms with Gasteiger partial charge in [0.25, 0.3) is 5.56 Å². The van der Waals surface area contributed by atoms with Gasteiger partial charge in [0.1, 0.15) is 23.1 Å². The first-order valence-electron chi connectivity index (χ1n) is 12.3. The number of rotatable bonds is 12. The van der Waals surface area contributed by atoms with Crippen molar-refractivity contribution >= 4 is 42.2 Å². The van der Waals surface area contributed by atoms with E-state index in [4.69, 9.17) is 30.1 Å². The lowest BCUT2D eigenvalue weighted by Gasteiger charge is -2.26. The maximum Gasteiger partial charge on any atom is 0.406 e. The summed E-state index contributed by atoms with van der Waals surface area (Å²) < 4.78 is 36.6. The molecule has 6 atom stereocenters. The second-order valence-corrected chi connectivity index (χ2v) is 14.1. The average Bonchev–Trinajstić information content (AvgIpc) is 3.03. The molecule has 2 rings (SSSR count). The number of halogens is 1. The van der Waals surface area contributed by atoms with E-state index in [0.29, 0.717) is 0 Å². The monoisotopic (exact) mass is 613 g/mol. The van der Waals surface area contributed by atoms with Crippen molar-refractivity contribution in [3.8, 4) is 0 Å². The highest BCUT2D eigenvalue weighted by Gasteiger charge is 2.54. The predicted octanol–water partition coefficient (Wildman–Crippen LogP) is 2.17. The van der Waals surface area contributed by atoms with E-state index in [2.05, 4.69) is 10.1 Å². The number of carbonyl (C=O) groups is 2. The molecule has 1 aliphatic rings. The van der Waals surface area contributed by atoms with Crippen molar-refractivity contribution in [3.05, 3.63) is 33.1 Å². The van der Waals surface area contributed by atoms with E-state index in [1.165, 1.54) is 20.0 Å². The quantitative estimate of drug-likeness (QED) is 0.136. The first kappa shape index (κ1) is 33.7. The molecule has 1 fully saturated rings. The van der Waals surface area contributed by atoms with Crippen molar-refractivity contribution in [2.75, 3.05) is 19.0 Å². The molecular formula is C23H37ClN3O10PS. The molecule has 13 nitrogen and oxygen atoms in total. The number of thioether (sulfide) groups is 1. The van der Waals surface area contributed by atoms with Gasteiger partial charge in [-0.05, 0) is 27.7 Å². The van der Waals surface area contributed by atoms with Crippen LogP contribution in [0.5, 0.6) is 0 Å². The van der Waals surface area contributed by atoms with Gasteiger partial charge in [-0.15, -0.1) is 11.6 Å². The van der Waals surface area contributed by atoms with Gasteiger partial charge in [-0.2, -0.15) is 0 Å². The van der Waals surface area contributed by atoms with Crippen LogP contribution in [0.25, 0.3) is 0 Å². The number of aliphatic hydroxyl groups is 1. The summed E-state index contributed by atoms with van der Waals surface area (Å²) in [7, 11) is -4.23. The molecule has 3 N–H and O–H groups in total. The van der Waals surface area contributed by atoms with Crippen LogP contribution in [0.1, 0.15) is 54.7 Å². The number of hydrogen-bond acceptors (Lipinski definition) is 11. The van der Waals surface area contributed by atoms with E-state index in [1.807, 2.05) is 0 Å². The molecule has 16 heteroatoms. The van der Waals surface area contributed by atoms with Crippen molar-refractivity contribution < 1.29 is 37.8 Å². The number of ether oxygens (including phenoxy) is 2. The zero-order chi connectivity index (χ0) is 29.8. The van der Waals surface area contributed by atoms with Crippen LogP contribution in [0.4, 0.5) is 0 Å². The minimum atomic E-state index is -4.23. The fourth-order valence-corrected chi connectivity index (χ4v) is 6.06. The number of nitrogens with zero attached hydrogens (tertiary/aromatic N) is 1. The molecule has 0 aliphatic carbocycles. The van der Waals surface area contributed by atoms with E-state index in [0.717, 1.165) is 22.4 Å². The Kier molecular flexibility index (Phi) is 11.6. The number of hydrogen-bond donors (Lipinski definition) is 3. The highest BCUT2D eigenvalue weighted by molar-refractivity contribution is 8.13. The summed E-state index contributed by atoms with van der Waals surface area (Å²) in [5, 5.41) is 13.2. The summed E-state index contributed by atoms with van der Waals surface area (Å²) in [6.07, 6.45) is -3.03. The average molecular weight is 614 g/mol. The van der Waals surface area contributed by atoms with Crippen LogP contribution in [-0.2, 0) is 32.7 Å². The molecular weight excluding hydrogens is 577 g/mol. The lowest BCUT2D eigenvalue weighted by Crippen LogP contribution is -2.43. The third-order valence-electron chi connectivity index (χ3n) is 5.48. The second kappa shape index (κ2) is 13.4. The van der Waals surface area contributed by atoms with Crippen LogP contribution >= 0.6 is 31.1 Å². The molecule has 0 bridgehead atoms. The minimum Gasteiger partial charge on any atom is -0.462 e. The normalized spacial score (nSPS) is 25.8. The van der Waals surface area contributed by atoms with Gasteiger partial charge in [0.05, 0.1) is 19.3 Å². The number of aromatic nitrogens is 2. The summed E-state index contributed by atoms with van der Waals surface area (Å²) in [4.78, 5) is 48.7. The Labute approximate surface area is 235 Å². The Morgan fingerprint density at radius 3 is 2.51 bits per heavy atom. The van der Waals surface area contributed by atoms with Crippen molar-refractivity contribution in [2.24, 2.45) is 5.41 Å². The van der Waals surface area contributed by atoms with Crippen molar-refractivity contribution in [3.63, 3.8) is 0 Å². The van der Waals surface area contributed by atoms with Gasteiger partial charge < -0.3 is 14.6 Å². The topological polar surface area (TPSA) is 175 Å². The van der Waals surface area contributed by atoms with Crippen LogP contribution in [0.2, 0.25) is 0 Å². The van der Waals surface area contributed by atoms with E-state index in [1.54, 1.807) is 34.6 Å². The summed E-state index contributed by atoms with van der Waals surface area (Å²) in [6.45, 7) is 10.8. The molecule has 0 amide bonds. The van der Waals surface area contributed by atoms with E-state index in [9.17, 15) is 28.8 Å². The van der Waals surface area contributed by atoms with Crippen LogP contribution in [0.3, 0.4) is 0 Å². The van der Waals surface area contributed by atoms with Crippen LogP contribution in [-0.4, -0.2) is 73.9 Å². The second-order valence-electron chi connectivity index (χ2n) is 10.5. The Hall–Kier alpha value is -1.51. The molecule has 39 heavy (non-hydrogen) atoms. The van der Waals surface area contributed by atoms with Gasteiger partial charge in [-0.1, -0.05) is 32.5 Å². The Balaban J connectivity index is 2.16. The van der Waals surface area contributed by atoms with Crippen LogP contribution in [0.15, 0.2) is 21.9 Å². The van der Waals surface area contributed by atoms with Gasteiger partial charge in [-0.3, -0.25) is 33.0 Å². The summed E-state index contributed by atoms with van der Waals surface area (Å²) >= 11 is 7.53. The maximum atomic E-state index is 13.6. The number of esters is 1. The molecule has 2 unspecified atom stereocenters. The summed E-state index contributed by atoms with van der Waals surface area (Å²) in [6, 6.07) is 0.00205. The van der Waals surface area contributed by atoms with Gasteiger partial charge in [0, 0.05) is 23.4 Å². The van der Waals surface area contributed by atoms with Gasteiger partial charge in [0.15, 0.2) is 11.3 Å². The number of alkyl halides is 1. The van der Waals surface area contributed by atoms with Gasteiger partial charge >= 0.3 is 19.4 Å². The van der Waals surface area contributed by atoms with E-state index in [-0.39, 0.29) is 17.5 Å². The summed E-state index contributed by atoms with van der Waals surface area (Å²) in [5.41, 5.74) is -2.00. The lowest BCUT2D eigenvalue weighted by molar-refractivity contribution is -0.149. The molecule has 2 heterocycles. The zero-order valence-electron chi connectivity index (χ0n) is 23.0. The molecule has 1 aliphatic heterocycles. The number of aliphatic hydroxyl groups excluding tert-OH is 1. The largest absolute Gasteiger partial charge is 0.462 e. The Morgan fingerprint density at radius 1 is 1.31 bits per heavy atom. The molecule has 1 saturated heterocycles. The molecule has 222 valence electrons. The minimum absolute atomic E-state index is 0.0869.